The van der Waals surface area contributed by atoms with Crippen molar-refractivity contribution in [2.45, 2.75) is 82.3 Å². The van der Waals surface area contributed by atoms with E-state index in [-0.39, 0.29) is 5.91 Å². The molecule has 2 saturated carbocycles. The van der Waals surface area contributed by atoms with E-state index in [0.717, 1.165) is 43.5 Å². The third-order valence-corrected chi connectivity index (χ3v) is 7.43. The molecule has 3 N–H and O–H groups in total. The molecule has 4 heteroatoms. The highest BCUT2D eigenvalue weighted by molar-refractivity contribution is 5.69. The van der Waals surface area contributed by atoms with Gasteiger partial charge in [-0.3, -0.25) is 4.90 Å². The van der Waals surface area contributed by atoms with Crippen molar-refractivity contribution in [3.05, 3.63) is 35.4 Å². The molecular formula is C24H37N2O2+. The number of hydrogen-bond donors (Lipinski definition) is 3. The number of amides is 1. The Morgan fingerprint density at radius 1 is 1.07 bits per heavy atom. The van der Waals surface area contributed by atoms with Gasteiger partial charge in [0.05, 0.1) is 12.1 Å². The Morgan fingerprint density at radius 2 is 1.79 bits per heavy atom. The summed E-state index contributed by atoms with van der Waals surface area (Å²) in [6.45, 7) is 1.84. The van der Waals surface area contributed by atoms with E-state index in [1.54, 1.807) is 0 Å². The van der Waals surface area contributed by atoms with Gasteiger partial charge >= 0.3 is 5.91 Å². The van der Waals surface area contributed by atoms with E-state index >= 15 is 0 Å². The molecule has 0 bridgehead atoms. The van der Waals surface area contributed by atoms with Gasteiger partial charge in [0.25, 0.3) is 0 Å². The predicted molar refractivity (Wildman–Crippen MR) is 111 cm³/mol. The lowest BCUT2D eigenvalue weighted by molar-refractivity contribution is -0.862. The monoisotopic (exact) mass is 385 g/mol. The highest BCUT2D eigenvalue weighted by Crippen LogP contribution is 2.35. The number of aliphatic hydroxyl groups is 1. The maximum absolute atomic E-state index is 13.2. The fourth-order valence-corrected chi connectivity index (χ4v) is 5.91. The van der Waals surface area contributed by atoms with Crippen LogP contribution in [0.2, 0.25) is 0 Å². The number of benzene rings is 1. The average Bonchev–Trinajstić information content (AvgIpc) is 2.74. The normalized spacial score (nSPS) is 27.9. The molecule has 0 radical (unpaired) electrons. The van der Waals surface area contributed by atoms with Crippen LogP contribution in [0.25, 0.3) is 0 Å². The van der Waals surface area contributed by atoms with Crippen molar-refractivity contribution in [3.63, 3.8) is 0 Å². The van der Waals surface area contributed by atoms with Crippen LogP contribution in [0, 0.1) is 5.92 Å². The standard InChI is InChI=1S/C24H36N2O2/c27-22(17-25-18-24(28)14-7-2-8-15-24)26-16-13-19-9-5-6-12-21(19)23(26)20-10-3-1-4-11-20/h5-6,9,12,20,23,25,28H,1-4,7-8,10-11,13-18H2/p+1. The lowest BCUT2D eigenvalue weighted by Gasteiger charge is -2.39. The molecule has 4 rings (SSSR count). The largest absolute Gasteiger partial charge is 0.389 e. The van der Waals surface area contributed by atoms with E-state index in [2.05, 4.69) is 29.6 Å². The first-order chi connectivity index (χ1) is 13.7. The van der Waals surface area contributed by atoms with Crippen LogP contribution < -0.4 is 10.2 Å². The summed E-state index contributed by atoms with van der Waals surface area (Å²) in [6, 6.07) is 9.11. The van der Waals surface area contributed by atoms with Crippen LogP contribution in [0.1, 0.15) is 81.4 Å². The van der Waals surface area contributed by atoms with E-state index < -0.39 is 5.60 Å². The zero-order valence-corrected chi connectivity index (χ0v) is 17.2. The van der Waals surface area contributed by atoms with Crippen molar-refractivity contribution in [2.24, 2.45) is 5.92 Å². The number of carbonyl (C=O) groups excluding carboxylic acids is 1. The lowest BCUT2D eigenvalue weighted by atomic mass is 9.77. The molecule has 0 aromatic heterocycles. The van der Waals surface area contributed by atoms with Gasteiger partial charge in [0.2, 0.25) is 0 Å². The Kier molecular flexibility index (Phi) is 6.49. The first-order valence-electron chi connectivity index (χ1n) is 11.6. The summed E-state index contributed by atoms with van der Waals surface area (Å²) in [7, 11) is 0. The minimum atomic E-state index is -0.606. The van der Waals surface area contributed by atoms with Crippen LogP contribution in [0.15, 0.2) is 24.3 Å². The number of fused-ring (bicyclic) bond motifs is 1. The van der Waals surface area contributed by atoms with Gasteiger partial charge in [-0.15, -0.1) is 0 Å². The summed E-state index contributed by atoms with van der Waals surface area (Å²) in [5, 5.41) is 14.0. The van der Waals surface area contributed by atoms with Crippen LogP contribution in [-0.4, -0.2) is 36.2 Å². The zero-order chi connectivity index (χ0) is 19.4. The van der Waals surface area contributed by atoms with Crippen molar-refractivity contribution < 1.29 is 14.8 Å². The van der Waals surface area contributed by atoms with Crippen LogP contribution in [0.3, 0.4) is 0 Å². The molecule has 1 heterocycles. The van der Waals surface area contributed by atoms with Gasteiger partial charge in [-0.1, -0.05) is 62.8 Å². The lowest BCUT2D eigenvalue weighted by Crippen LogP contribution is -3.17. The second-order valence-electron chi connectivity index (χ2n) is 9.41. The summed E-state index contributed by atoms with van der Waals surface area (Å²) in [5.41, 5.74) is 2.25. The predicted octanol–water partition coefficient (Wildman–Crippen LogP) is 2.56. The van der Waals surface area contributed by atoms with Gasteiger partial charge in [-0.25, -0.2) is 4.79 Å². The molecule has 0 spiro atoms. The molecule has 0 saturated heterocycles. The molecule has 3 aliphatic rings. The number of hydrogen-bond acceptors (Lipinski definition) is 3. The van der Waals surface area contributed by atoms with E-state index in [1.165, 1.54) is 49.7 Å². The summed E-state index contributed by atoms with van der Waals surface area (Å²) < 4.78 is 0. The minimum Gasteiger partial charge on any atom is -0.389 e. The third-order valence-electron chi connectivity index (χ3n) is 7.43. The molecular weight excluding hydrogens is 348 g/mol. The van der Waals surface area contributed by atoms with Crippen LogP contribution in [0.5, 0.6) is 0 Å². The highest BCUT2D eigenvalue weighted by atomic mass is 16.3. The number of rotatable bonds is 5. The summed E-state index contributed by atoms with van der Waals surface area (Å²) in [6.07, 6.45) is 12.6. The molecule has 2 unspecified atom stereocenters. The van der Waals surface area contributed by atoms with Gasteiger partial charge in [0.15, 0.2) is 0 Å². The van der Waals surface area contributed by atoms with E-state index in [0.29, 0.717) is 25.0 Å². The van der Waals surface area contributed by atoms with Crippen LogP contribution in [0.4, 0.5) is 0 Å². The maximum Gasteiger partial charge on any atom is 0.326 e. The topological polar surface area (TPSA) is 53.8 Å². The molecule has 1 aromatic carbocycles. The van der Waals surface area contributed by atoms with Crippen molar-refractivity contribution in [2.75, 3.05) is 19.6 Å². The minimum absolute atomic E-state index is 0.282. The molecule has 1 amide bonds. The Morgan fingerprint density at radius 3 is 2.57 bits per heavy atom. The molecule has 1 aromatic rings. The first-order valence-corrected chi connectivity index (χ1v) is 11.6. The molecule has 28 heavy (non-hydrogen) atoms. The second kappa shape index (κ2) is 9.06. The fraction of sp³-hybridized carbons (Fsp3) is 0.708. The van der Waals surface area contributed by atoms with Gasteiger partial charge in [-0.2, -0.15) is 0 Å². The summed E-state index contributed by atoms with van der Waals surface area (Å²) in [5.74, 6) is 0.904. The number of carbonyl (C=O) groups is 1. The van der Waals surface area contributed by atoms with Crippen molar-refractivity contribution >= 4 is 5.91 Å². The van der Waals surface area contributed by atoms with Crippen molar-refractivity contribution in [1.29, 1.82) is 0 Å². The quantitative estimate of drug-likeness (QED) is 0.730. The van der Waals surface area contributed by atoms with E-state index in [1.807, 2.05) is 0 Å². The van der Waals surface area contributed by atoms with Crippen molar-refractivity contribution in [3.8, 4) is 0 Å². The Labute approximate surface area is 169 Å². The number of quaternary nitrogens is 1. The highest BCUT2D eigenvalue weighted by Gasteiger charge is 2.41. The van der Waals surface area contributed by atoms with E-state index in [4.69, 9.17) is 0 Å². The zero-order valence-electron chi connectivity index (χ0n) is 17.2. The Bertz CT molecular complexity index is 662. The van der Waals surface area contributed by atoms with Gasteiger partial charge < -0.3 is 10.4 Å². The van der Waals surface area contributed by atoms with Crippen LogP contribution in [-0.2, 0) is 11.2 Å². The fourth-order valence-electron chi connectivity index (χ4n) is 5.91. The first kappa shape index (κ1) is 20.1. The third kappa shape index (κ3) is 4.50. The number of nitrogens with one attached hydrogen (secondary N) is 2. The molecule has 4 nitrogen and oxygen atoms in total. The van der Waals surface area contributed by atoms with E-state index in [9.17, 15) is 9.90 Å². The van der Waals surface area contributed by atoms with Gasteiger partial charge in [0, 0.05) is 24.4 Å². The Balaban J connectivity index is 1.43. The SMILES string of the molecule is O=C(CNCC1(O)CCCCC1)[NH+]1CCc2ccccc2C1C1CCCCC1. The maximum atomic E-state index is 13.2. The summed E-state index contributed by atoms with van der Waals surface area (Å²) in [4.78, 5) is 14.4. The molecule has 2 atom stereocenters. The molecule has 1 aliphatic heterocycles. The molecule has 2 fully saturated rings. The Hall–Kier alpha value is -1.23. The average molecular weight is 386 g/mol. The smallest absolute Gasteiger partial charge is 0.326 e. The second-order valence-corrected chi connectivity index (χ2v) is 9.41. The summed E-state index contributed by atoms with van der Waals surface area (Å²) >= 11 is 0. The molecule has 2 aliphatic carbocycles. The van der Waals surface area contributed by atoms with Crippen LogP contribution >= 0.6 is 0 Å². The van der Waals surface area contributed by atoms with Gasteiger partial charge in [-0.05, 0) is 31.2 Å². The van der Waals surface area contributed by atoms with Gasteiger partial charge in [0.1, 0.15) is 12.6 Å². The van der Waals surface area contributed by atoms with Crippen molar-refractivity contribution in [1.82, 2.24) is 5.32 Å². The molecule has 154 valence electrons.